The maximum Gasteiger partial charge on any atom is 0.223 e. The van der Waals surface area contributed by atoms with Gasteiger partial charge in [0.15, 0.2) is 5.96 Å². The summed E-state index contributed by atoms with van der Waals surface area (Å²) in [5.41, 5.74) is 0. The van der Waals surface area contributed by atoms with Gasteiger partial charge in [-0.3, -0.25) is 14.7 Å². The molecule has 120 valence electrons. The summed E-state index contributed by atoms with van der Waals surface area (Å²) in [5, 5.41) is 3.75. The lowest BCUT2D eigenvalue weighted by Gasteiger charge is -2.36. The molecule has 6 nitrogen and oxygen atoms in total. The molecule has 0 aliphatic carbocycles. The van der Waals surface area contributed by atoms with Gasteiger partial charge in [0.25, 0.3) is 0 Å². The molecule has 0 aromatic carbocycles. The lowest BCUT2D eigenvalue weighted by molar-refractivity contribution is -0.129. The van der Waals surface area contributed by atoms with Gasteiger partial charge < -0.3 is 15.1 Å². The van der Waals surface area contributed by atoms with E-state index < -0.39 is 0 Å². The topological polar surface area (TPSA) is 51.2 Å². The summed E-state index contributed by atoms with van der Waals surface area (Å²) in [6, 6.07) is 0. The van der Waals surface area contributed by atoms with Crippen LogP contribution in [0.3, 0.4) is 0 Å². The van der Waals surface area contributed by atoms with Crippen LogP contribution in [0.1, 0.15) is 6.42 Å². The first-order valence-corrected chi connectivity index (χ1v) is 7.53. The van der Waals surface area contributed by atoms with Crippen molar-refractivity contribution in [2.24, 2.45) is 4.99 Å². The Hall–Kier alpha value is -1.27. The summed E-state index contributed by atoms with van der Waals surface area (Å²) in [6.07, 6.45) is 0.575. The average molecular weight is 316 g/mol. The first kappa shape index (κ1) is 17.8. The Morgan fingerprint density at radius 2 is 1.95 bits per heavy atom. The lowest BCUT2D eigenvalue weighted by Crippen LogP contribution is -2.52. The number of hydrogen-bond donors (Lipinski definition) is 1. The molecular formula is C14H26ClN5O. The fourth-order valence-corrected chi connectivity index (χ4v) is 2.23. The molecular weight excluding hydrogens is 290 g/mol. The van der Waals surface area contributed by atoms with Crippen LogP contribution in [0.25, 0.3) is 0 Å². The minimum Gasteiger partial charge on any atom is -0.351 e. The fraction of sp³-hybridized carbons (Fsp3) is 0.714. The molecule has 1 N–H and O–H groups in total. The third-order valence-electron chi connectivity index (χ3n) is 3.46. The Morgan fingerprint density at radius 3 is 2.43 bits per heavy atom. The lowest BCUT2D eigenvalue weighted by atomic mass is 10.3. The Labute approximate surface area is 132 Å². The molecule has 1 amide bonds. The summed E-state index contributed by atoms with van der Waals surface area (Å²) >= 11 is 5.76. The zero-order valence-electron chi connectivity index (χ0n) is 13.2. The Kier molecular flexibility index (Phi) is 7.53. The molecule has 0 aromatic heterocycles. The predicted molar refractivity (Wildman–Crippen MR) is 87.7 cm³/mol. The maximum absolute atomic E-state index is 11.6. The largest absolute Gasteiger partial charge is 0.351 e. The van der Waals surface area contributed by atoms with E-state index in [1.54, 1.807) is 26.0 Å². The van der Waals surface area contributed by atoms with Crippen molar-refractivity contribution in [1.29, 1.82) is 0 Å². The third-order valence-corrected chi connectivity index (χ3v) is 3.60. The van der Waals surface area contributed by atoms with E-state index in [0.29, 0.717) is 18.0 Å². The number of amides is 1. The second-order valence-corrected chi connectivity index (χ2v) is 5.82. The van der Waals surface area contributed by atoms with Crippen LogP contribution in [0.15, 0.2) is 16.6 Å². The normalized spacial score (nSPS) is 16.8. The van der Waals surface area contributed by atoms with Gasteiger partial charge in [-0.05, 0) is 0 Å². The molecule has 0 bridgehead atoms. The molecule has 1 aliphatic heterocycles. The van der Waals surface area contributed by atoms with E-state index in [1.807, 2.05) is 0 Å². The summed E-state index contributed by atoms with van der Waals surface area (Å²) in [5.74, 6) is 1.02. The SMILES string of the molecule is C=C(Cl)CNC(=NC)N1CCN(CCC(=O)N(C)C)CC1. The van der Waals surface area contributed by atoms with Crippen molar-refractivity contribution in [3.05, 3.63) is 11.6 Å². The van der Waals surface area contributed by atoms with E-state index in [4.69, 9.17) is 11.6 Å². The highest BCUT2D eigenvalue weighted by Crippen LogP contribution is 2.04. The van der Waals surface area contributed by atoms with Gasteiger partial charge in [0.05, 0.1) is 6.54 Å². The van der Waals surface area contributed by atoms with Gasteiger partial charge in [-0.2, -0.15) is 0 Å². The van der Waals surface area contributed by atoms with Crippen LogP contribution in [0.5, 0.6) is 0 Å². The van der Waals surface area contributed by atoms with Crippen LogP contribution in [-0.2, 0) is 4.79 Å². The number of hydrogen-bond acceptors (Lipinski definition) is 3. The summed E-state index contributed by atoms with van der Waals surface area (Å²) in [7, 11) is 5.35. The molecule has 0 saturated carbocycles. The molecule has 1 saturated heterocycles. The Bertz CT molecular complexity index is 389. The van der Waals surface area contributed by atoms with Gasteiger partial charge in [-0.25, -0.2) is 0 Å². The number of halogens is 1. The average Bonchev–Trinajstić information content (AvgIpc) is 2.46. The van der Waals surface area contributed by atoms with Crippen molar-refractivity contribution in [3.63, 3.8) is 0 Å². The van der Waals surface area contributed by atoms with Crippen molar-refractivity contribution < 1.29 is 4.79 Å². The van der Waals surface area contributed by atoms with E-state index in [-0.39, 0.29) is 5.91 Å². The van der Waals surface area contributed by atoms with Crippen molar-refractivity contribution >= 4 is 23.5 Å². The van der Waals surface area contributed by atoms with E-state index in [1.165, 1.54) is 0 Å². The highest BCUT2D eigenvalue weighted by Gasteiger charge is 2.20. The van der Waals surface area contributed by atoms with Crippen LogP contribution < -0.4 is 5.32 Å². The van der Waals surface area contributed by atoms with Crippen molar-refractivity contribution in [2.45, 2.75) is 6.42 Å². The molecule has 7 heteroatoms. The second-order valence-electron chi connectivity index (χ2n) is 5.28. The van der Waals surface area contributed by atoms with Crippen LogP contribution in [0.2, 0.25) is 0 Å². The molecule has 0 radical (unpaired) electrons. The zero-order chi connectivity index (χ0) is 15.8. The number of rotatable bonds is 5. The summed E-state index contributed by atoms with van der Waals surface area (Å²) in [6.45, 7) is 8.65. The van der Waals surface area contributed by atoms with Crippen LogP contribution in [0.4, 0.5) is 0 Å². The van der Waals surface area contributed by atoms with Crippen molar-refractivity contribution in [3.8, 4) is 0 Å². The molecule has 0 atom stereocenters. The van der Waals surface area contributed by atoms with Gasteiger partial charge in [-0.15, -0.1) is 0 Å². The van der Waals surface area contributed by atoms with E-state index in [9.17, 15) is 4.79 Å². The molecule has 0 aromatic rings. The summed E-state index contributed by atoms with van der Waals surface area (Å²) in [4.78, 5) is 22.0. The maximum atomic E-state index is 11.6. The zero-order valence-corrected chi connectivity index (χ0v) is 14.0. The molecule has 1 heterocycles. The minimum absolute atomic E-state index is 0.176. The first-order valence-electron chi connectivity index (χ1n) is 7.15. The number of nitrogens with one attached hydrogen (secondary N) is 1. The third kappa shape index (κ3) is 6.35. The molecule has 21 heavy (non-hydrogen) atoms. The van der Waals surface area contributed by atoms with E-state index in [0.717, 1.165) is 38.7 Å². The molecule has 0 spiro atoms. The highest BCUT2D eigenvalue weighted by molar-refractivity contribution is 6.29. The fourth-order valence-electron chi connectivity index (χ4n) is 2.17. The second kappa shape index (κ2) is 8.89. The summed E-state index contributed by atoms with van der Waals surface area (Å²) < 4.78 is 0. The number of nitrogens with zero attached hydrogens (tertiary/aromatic N) is 4. The molecule has 1 aliphatic rings. The first-order chi connectivity index (χ1) is 9.93. The standard InChI is InChI=1S/C14H26ClN5O/c1-12(15)11-17-14(16-2)20-9-7-19(8-10-20)6-5-13(21)18(3)4/h1,5-11H2,2-4H3,(H,16,17). The van der Waals surface area contributed by atoms with E-state index >= 15 is 0 Å². The smallest absolute Gasteiger partial charge is 0.223 e. The van der Waals surface area contributed by atoms with Gasteiger partial charge in [0.2, 0.25) is 5.91 Å². The molecule has 0 unspecified atom stereocenters. The van der Waals surface area contributed by atoms with Crippen LogP contribution >= 0.6 is 11.6 Å². The van der Waals surface area contributed by atoms with Gasteiger partial charge in [0.1, 0.15) is 0 Å². The Balaban J connectivity index is 2.34. The van der Waals surface area contributed by atoms with Crippen molar-refractivity contribution in [1.82, 2.24) is 20.0 Å². The van der Waals surface area contributed by atoms with Gasteiger partial charge >= 0.3 is 0 Å². The monoisotopic (exact) mass is 315 g/mol. The van der Waals surface area contributed by atoms with E-state index in [2.05, 4.69) is 26.7 Å². The van der Waals surface area contributed by atoms with Crippen LogP contribution in [-0.4, -0.2) is 87.0 Å². The number of carbonyl (C=O) groups is 1. The van der Waals surface area contributed by atoms with Gasteiger partial charge in [0, 0.05) is 65.3 Å². The molecule has 1 fully saturated rings. The predicted octanol–water partition coefficient (Wildman–Crippen LogP) is 0.410. The molecule has 1 rings (SSSR count). The van der Waals surface area contributed by atoms with Gasteiger partial charge in [-0.1, -0.05) is 18.2 Å². The number of guanidine groups is 1. The number of aliphatic imine (C=N–C) groups is 1. The van der Waals surface area contributed by atoms with Crippen LogP contribution in [0, 0.1) is 0 Å². The quantitative estimate of drug-likeness (QED) is 0.590. The minimum atomic E-state index is 0.176. The van der Waals surface area contributed by atoms with Crippen molar-refractivity contribution in [2.75, 3.05) is 60.4 Å². The number of carbonyl (C=O) groups excluding carboxylic acids is 1. The number of piperazine rings is 1. The Morgan fingerprint density at radius 1 is 1.33 bits per heavy atom. The highest BCUT2D eigenvalue weighted by atomic mass is 35.5.